The average Bonchev–Trinajstić information content (AvgIpc) is 3.25. The molecule has 0 aliphatic carbocycles. The van der Waals surface area contributed by atoms with Crippen LogP contribution in [0, 0.1) is 5.92 Å². The van der Waals surface area contributed by atoms with E-state index in [1.165, 1.54) is 4.90 Å². The highest BCUT2D eigenvalue weighted by Crippen LogP contribution is 2.47. The molecule has 30 heavy (non-hydrogen) atoms. The van der Waals surface area contributed by atoms with Crippen molar-refractivity contribution in [2.45, 2.75) is 12.1 Å². The maximum Gasteiger partial charge on any atom is 0.266 e. The van der Waals surface area contributed by atoms with Crippen LogP contribution in [0.4, 0.5) is 11.4 Å². The van der Waals surface area contributed by atoms with Crippen LogP contribution in [-0.4, -0.2) is 17.9 Å². The largest absolute Gasteiger partial charge is 0.273 e. The molecule has 2 fully saturated rings. The Balaban J connectivity index is 1.60. The van der Waals surface area contributed by atoms with Crippen LogP contribution < -0.4 is 9.96 Å². The molecule has 3 aromatic rings. The predicted octanol–water partition coefficient (Wildman–Crippen LogP) is 5.26. The van der Waals surface area contributed by atoms with Gasteiger partial charge in [-0.15, -0.1) is 0 Å². The smallest absolute Gasteiger partial charge is 0.266 e. The van der Waals surface area contributed by atoms with Crippen molar-refractivity contribution in [3.05, 3.63) is 93.4 Å². The lowest BCUT2D eigenvalue weighted by Crippen LogP contribution is -2.37. The number of benzene rings is 3. The van der Waals surface area contributed by atoms with Gasteiger partial charge in [0.2, 0.25) is 5.91 Å². The minimum Gasteiger partial charge on any atom is -0.273 e. The summed E-state index contributed by atoms with van der Waals surface area (Å²) in [5.74, 6) is -1.25. The number of fused-ring (bicyclic) bond motifs is 1. The molecule has 0 radical (unpaired) electrons. The fourth-order valence-electron chi connectivity index (χ4n) is 4.11. The molecule has 0 N–H and O–H groups in total. The molecule has 0 unspecified atom stereocenters. The molecule has 5 rings (SSSR count). The topological polar surface area (TPSA) is 49.9 Å². The number of carbonyl (C=O) groups is 2. The first kappa shape index (κ1) is 19.5. The van der Waals surface area contributed by atoms with Crippen LogP contribution in [0.5, 0.6) is 0 Å². The van der Waals surface area contributed by atoms with Gasteiger partial charge in [0.25, 0.3) is 5.91 Å². The third-order valence-electron chi connectivity index (χ3n) is 5.38. The zero-order valence-electron chi connectivity index (χ0n) is 15.6. The number of anilines is 2. The Morgan fingerprint density at radius 3 is 2.10 bits per heavy atom. The van der Waals surface area contributed by atoms with E-state index in [1.807, 2.05) is 60.7 Å². The molecule has 150 valence electrons. The third kappa shape index (κ3) is 3.17. The van der Waals surface area contributed by atoms with Gasteiger partial charge in [0.05, 0.1) is 17.4 Å². The van der Waals surface area contributed by atoms with Crippen molar-refractivity contribution in [2.75, 3.05) is 9.96 Å². The molecule has 2 aliphatic rings. The molecule has 2 saturated heterocycles. The van der Waals surface area contributed by atoms with Crippen molar-refractivity contribution in [3.63, 3.8) is 0 Å². The molecular weight excluding hydrogens is 512 g/mol. The van der Waals surface area contributed by atoms with Gasteiger partial charge >= 0.3 is 0 Å². The van der Waals surface area contributed by atoms with Crippen molar-refractivity contribution in [2.24, 2.45) is 5.92 Å². The highest BCUT2D eigenvalue weighted by Gasteiger charge is 2.60. The van der Waals surface area contributed by atoms with Gasteiger partial charge in [-0.05, 0) is 48.0 Å². The first-order valence-corrected chi connectivity index (χ1v) is 11.0. The zero-order chi connectivity index (χ0) is 20.8. The quantitative estimate of drug-likeness (QED) is 0.436. The number of hydroxylamine groups is 1. The second-order valence-corrected chi connectivity index (χ2v) is 9.04. The Morgan fingerprint density at radius 1 is 0.733 bits per heavy atom. The molecule has 0 bridgehead atoms. The number of rotatable bonds is 3. The van der Waals surface area contributed by atoms with Crippen LogP contribution in [0.2, 0.25) is 0 Å². The number of imide groups is 1. The van der Waals surface area contributed by atoms with Crippen LogP contribution >= 0.6 is 31.9 Å². The van der Waals surface area contributed by atoms with Crippen molar-refractivity contribution in [3.8, 4) is 0 Å². The summed E-state index contributed by atoms with van der Waals surface area (Å²) in [5, 5.41) is 1.70. The maximum absolute atomic E-state index is 13.5. The predicted molar refractivity (Wildman–Crippen MR) is 121 cm³/mol. The van der Waals surface area contributed by atoms with Gasteiger partial charge in [0.1, 0.15) is 5.92 Å². The number of amides is 2. The minimum absolute atomic E-state index is 0.258. The van der Waals surface area contributed by atoms with E-state index in [2.05, 4.69) is 31.9 Å². The van der Waals surface area contributed by atoms with Crippen molar-refractivity contribution < 1.29 is 14.4 Å². The Hall–Kier alpha value is -2.48. The number of para-hydroxylation sites is 1. The van der Waals surface area contributed by atoms with Gasteiger partial charge in [-0.25, -0.2) is 9.96 Å². The average molecular weight is 528 g/mol. The molecule has 3 aromatic carbocycles. The summed E-state index contributed by atoms with van der Waals surface area (Å²) < 4.78 is 1.70. The molecule has 2 amide bonds. The summed E-state index contributed by atoms with van der Waals surface area (Å²) in [4.78, 5) is 34.2. The minimum atomic E-state index is -0.874. The van der Waals surface area contributed by atoms with Crippen LogP contribution in [0.15, 0.2) is 87.8 Å². The van der Waals surface area contributed by atoms with Gasteiger partial charge < -0.3 is 0 Å². The van der Waals surface area contributed by atoms with Gasteiger partial charge in [-0.2, -0.15) is 0 Å². The summed E-state index contributed by atoms with van der Waals surface area (Å²) in [7, 11) is 0. The monoisotopic (exact) mass is 526 g/mol. The van der Waals surface area contributed by atoms with Crippen molar-refractivity contribution in [1.82, 2.24) is 0 Å². The normalized spacial score (nSPS) is 23.2. The van der Waals surface area contributed by atoms with Gasteiger partial charge in [-0.3, -0.25) is 14.4 Å². The molecule has 0 aromatic heterocycles. The second kappa shape index (κ2) is 7.65. The first-order valence-electron chi connectivity index (χ1n) is 9.44. The number of nitrogens with zero attached hydrogens (tertiary/aromatic N) is 2. The molecule has 0 spiro atoms. The van der Waals surface area contributed by atoms with Crippen LogP contribution in [0.25, 0.3) is 0 Å². The summed E-state index contributed by atoms with van der Waals surface area (Å²) >= 11 is 6.93. The molecular formula is C23H16Br2N2O3. The van der Waals surface area contributed by atoms with Gasteiger partial charge in [0, 0.05) is 8.95 Å². The maximum atomic E-state index is 13.5. The SMILES string of the molecule is O=C1[C@@H]2[C@@H](c3cccc(Br)c3)N(c3ccccc3)O[C@H]2C(=O)N1c1cccc(Br)c1. The summed E-state index contributed by atoms with van der Waals surface area (Å²) in [5.41, 5.74) is 2.24. The van der Waals surface area contributed by atoms with Crippen LogP contribution in [0.3, 0.4) is 0 Å². The Bertz CT molecular complexity index is 1140. The first-order chi connectivity index (χ1) is 14.5. The molecule has 5 nitrogen and oxygen atoms in total. The fourth-order valence-corrected chi connectivity index (χ4v) is 4.92. The number of carbonyl (C=O) groups excluding carboxylic acids is 2. The van der Waals surface area contributed by atoms with E-state index < -0.39 is 18.1 Å². The second-order valence-electron chi connectivity index (χ2n) is 7.20. The Morgan fingerprint density at radius 2 is 1.40 bits per heavy atom. The van der Waals surface area contributed by atoms with E-state index in [9.17, 15) is 9.59 Å². The van der Waals surface area contributed by atoms with E-state index in [4.69, 9.17) is 4.84 Å². The van der Waals surface area contributed by atoms with E-state index in [0.717, 1.165) is 20.2 Å². The van der Waals surface area contributed by atoms with Crippen molar-refractivity contribution >= 4 is 55.0 Å². The lowest BCUT2D eigenvalue weighted by atomic mass is 9.90. The number of hydrogen-bond donors (Lipinski definition) is 0. The highest BCUT2D eigenvalue weighted by molar-refractivity contribution is 9.10. The lowest BCUT2D eigenvalue weighted by molar-refractivity contribution is -0.126. The summed E-state index contributed by atoms with van der Waals surface area (Å²) in [6.45, 7) is 0. The van der Waals surface area contributed by atoms with Gasteiger partial charge in [0.15, 0.2) is 6.10 Å². The Kier molecular flexibility index (Phi) is 4.97. The van der Waals surface area contributed by atoms with E-state index in [-0.39, 0.29) is 11.8 Å². The van der Waals surface area contributed by atoms with E-state index >= 15 is 0 Å². The van der Waals surface area contributed by atoms with E-state index in [1.54, 1.807) is 23.3 Å². The molecule has 2 heterocycles. The van der Waals surface area contributed by atoms with Crippen LogP contribution in [0.1, 0.15) is 11.6 Å². The third-order valence-corrected chi connectivity index (χ3v) is 6.37. The zero-order valence-corrected chi connectivity index (χ0v) is 18.8. The number of halogens is 2. The van der Waals surface area contributed by atoms with Crippen molar-refractivity contribution in [1.29, 1.82) is 0 Å². The van der Waals surface area contributed by atoms with Crippen LogP contribution in [-0.2, 0) is 14.4 Å². The highest BCUT2D eigenvalue weighted by atomic mass is 79.9. The standard InChI is InChI=1S/C23H16Br2N2O3/c24-15-7-4-6-14(12-15)20-19-21(30-27(20)17-9-2-1-3-10-17)23(29)26(22(19)28)18-11-5-8-16(25)13-18/h1-13,19-21H/t19-,20-,21-/m1/s1. The lowest BCUT2D eigenvalue weighted by Gasteiger charge is -2.28. The summed E-state index contributed by atoms with van der Waals surface area (Å²) in [6, 6.07) is 24.1. The molecule has 0 saturated carbocycles. The van der Waals surface area contributed by atoms with E-state index in [0.29, 0.717) is 5.69 Å². The molecule has 7 heteroatoms. The molecule has 2 aliphatic heterocycles. The molecule has 3 atom stereocenters. The number of hydrogen-bond acceptors (Lipinski definition) is 4. The summed E-state index contributed by atoms with van der Waals surface area (Å²) in [6.07, 6.45) is -0.874. The van der Waals surface area contributed by atoms with Gasteiger partial charge in [-0.1, -0.05) is 68.3 Å². The Labute approximate surface area is 190 Å². The fraction of sp³-hybridized carbons (Fsp3) is 0.130.